The number of alkyl halides is 3. The molecule has 0 N–H and O–H groups in total. The van der Waals surface area contributed by atoms with Gasteiger partial charge in [-0.3, -0.25) is 9.59 Å². The van der Waals surface area contributed by atoms with E-state index in [0.29, 0.717) is 19.4 Å². The van der Waals surface area contributed by atoms with E-state index in [2.05, 4.69) is 0 Å². The van der Waals surface area contributed by atoms with Crippen LogP contribution in [0, 0.1) is 5.82 Å². The van der Waals surface area contributed by atoms with Crippen molar-refractivity contribution < 1.29 is 27.2 Å². The minimum absolute atomic E-state index is 0.109. The Bertz CT molecular complexity index is 1220. The molecule has 1 aromatic heterocycles. The number of benzene rings is 2. The molecule has 0 aliphatic carbocycles. The zero-order valence-corrected chi connectivity index (χ0v) is 20.5. The van der Waals surface area contributed by atoms with Gasteiger partial charge in [0.15, 0.2) is 0 Å². The lowest BCUT2D eigenvalue weighted by atomic mass is 9.93. The highest BCUT2D eigenvalue weighted by Gasteiger charge is 2.35. The van der Waals surface area contributed by atoms with E-state index in [9.17, 15) is 27.2 Å². The predicted octanol–water partition coefficient (Wildman–Crippen LogP) is 6.32. The molecule has 2 aromatic carbocycles. The molecular formula is C27H26F4N2O2S. The average Bonchev–Trinajstić information content (AvgIpc) is 3.34. The second kappa shape index (κ2) is 10.8. The summed E-state index contributed by atoms with van der Waals surface area (Å²) in [6.07, 6.45) is -2.56. The average molecular weight is 519 g/mol. The van der Waals surface area contributed by atoms with Crippen LogP contribution in [0.4, 0.5) is 17.6 Å². The molecule has 4 rings (SSSR count). The van der Waals surface area contributed by atoms with E-state index in [0.717, 1.165) is 34.6 Å². The number of fused-ring (bicyclic) bond motifs is 1. The Morgan fingerprint density at radius 3 is 2.56 bits per heavy atom. The maximum atomic E-state index is 13.6. The van der Waals surface area contributed by atoms with E-state index in [1.54, 1.807) is 28.4 Å². The van der Waals surface area contributed by atoms with Crippen LogP contribution in [0.3, 0.4) is 0 Å². The summed E-state index contributed by atoms with van der Waals surface area (Å²) in [7, 11) is 0. The number of carbonyl (C=O) groups is 2. The Morgan fingerprint density at radius 1 is 1.11 bits per heavy atom. The van der Waals surface area contributed by atoms with E-state index >= 15 is 0 Å². The lowest BCUT2D eigenvalue weighted by Crippen LogP contribution is -2.47. The molecule has 9 heteroatoms. The molecule has 36 heavy (non-hydrogen) atoms. The second-order valence-corrected chi connectivity index (χ2v) is 9.75. The molecule has 0 radical (unpaired) electrons. The third-order valence-corrected chi connectivity index (χ3v) is 7.30. The third-order valence-electron chi connectivity index (χ3n) is 6.30. The maximum Gasteiger partial charge on any atom is 0.416 e. The number of carbonyl (C=O) groups excluding carboxylic acids is 2. The molecule has 0 saturated heterocycles. The highest BCUT2D eigenvalue weighted by molar-refractivity contribution is 7.10. The van der Waals surface area contributed by atoms with Crippen LogP contribution in [0.25, 0.3) is 0 Å². The molecule has 2 amide bonds. The molecule has 4 nitrogen and oxygen atoms in total. The molecule has 3 aromatic rings. The number of halogens is 4. The Hall–Kier alpha value is -3.20. The van der Waals surface area contributed by atoms with Crippen LogP contribution >= 0.6 is 11.3 Å². The standard InChI is InChI=1S/C27H26F4N2O2S/c1-2-3-13-32(26(35)19-5-4-6-20(16-19)27(29,30)31)17-24(34)33-14-11-23-22(12-15-36-23)25(33)18-7-9-21(28)10-8-18/h4-10,12,15-16,25H,2-3,11,13-14,17H2,1H3. The quantitative estimate of drug-likeness (QED) is 0.344. The third kappa shape index (κ3) is 5.61. The fraction of sp³-hybridized carbons (Fsp3) is 0.333. The van der Waals surface area contributed by atoms with Crippen LogP contribution in [-0.4, -0.2) is 41.2 Å². The number of hydrogen-bond acceptors (Lipinski definition) is 3. The van der Waals surface area contributed by atoms with Crippen molar-refractivity contribution in [1.82, 2.24) is 9.80 Å². The summed E-state index contributed by atoms with van der Waals surface area (Å²) < 4.78 is 53.2. The van der Waals surface area contributed by atoms with Crippen molar-refractivity contribution in [3.8, 4) is 0 Å². The largest absolute Gasteiger partial charge is 0.416 e. The molecule has 1 unspecified atom stereocenters. The summed E-state index contributed by atoms with van der Waals surface area (Å²) >= 11 is 1.60. The molecule has 0 spiro atoms. The van der Waals surface area contributed by atoms with Crippen molar-refractivity contribution in [2.24, 2.45) is 0 Å². The van der Waals surface area contributed by atoms with Crippen molar-refractivity contribution in [2.45, 2.75) is 38.4 Å². The molecule has 1 aliphatic heterocycles. The number of unbranched alkanes of at least 4 members (excludes halogenated alkanes) is 1. The lowest BCUT2D eigenvalue weighted by molar-refractivity contribution is -0.137. The minimum Gasteiger partial charge on any atom is -0.330 e. The summed E-state index contributed by atoms with van der Waals surface area (Å²) in [5.74, 6) is -1.30. The Labute approximate surface area is 211 Å². The summed E-state index contributed by atoms with van der Waals surface area (Å²) in [5, 5.41) is 1.96. The fourth-order valence-corrected chi connectivity index (χ4v) is 5.36. The van der Waals surface area contributed by atoms with Gasteiger partial charge >= 0.3 is 6.18 Å². The van der Waals surface area contributed by atoms with Gasteiger partial charge < -0.3 is 9.80 Å². The monoisotopic (exact) mass is 518 g/mol. The Morgan fingerprint density at radius 2 is 1.86 bits per heavy atom. The summed E-state index contributed by atoms with van der Waals surface area (Å²) in [6, 6.07) is 11.8. The van der Waals surface area contributed by atoms with Gasteiger partial charge in [0.2, 0.25) is 5.91 Å². The van der Waals surface area contributed by atoms with Crippen LogP contribution < -0.4 is 0 Å². The van der Waals surface area contributed by atoms with Crippen LogP contribution in [0.15, 0.2) is 60.0 Å². The van der Waals surface area contributed by atoms with Gasteiger partial charge in [-0.1, -0.05) is 31.5 Å². The Balaban J connectivity index is 1.61. The van der Waals surface area contributed by atoms with Crippen LogP contribution in [0.2, 0.25) is 0 Å². The first-order valence-electron chi connectivity index (χ1n) is 11.8. The van der Waals surface area contributed by atoms with E-state index in [1.807, 2.05) is 18.4 Å². The number of rotatable bonds is 7. The first-order chi connectivity index (χ1) is 17.2. The summed E-state index contributed by atoms with van der Waals surface area (Å²) in [4.78, 5) is 31.0. The molecule has 0 fully saturated rings. The molecule has 2 heterocycles. The molecule has 0 saturated carbocycles. The minimum atomic E-state index is -4.57. The first-order valence-corrected chi connectivity index (χ1v) is 12.6. The van der Waals surface area contributed by atoms with Gasteiger partial charge in [0, 0.05) is 23.5 Å². The molecule has 1 atom stereocenters. The second-order valence-electron chi connectivity index (χ2n) is 8.75. The van der Waals surface area contributed by atoms with Crippen LogP contribution in [-0.2, 0) is 17.4 Å². The molecular weight excluding hydrogens is 492 g/mol. The number of hydrogen-bond donors (Lipinski definition) is 0. The van der Waals surface area contributed by atoms with Crippen molar-refractivity contribution in [1.29, 1.82) is 0 Å². The van der Waals surface area contributed by atoms with Crippen LogP contribution in [0.5, 0.6) is 0 Å². The molecule has 1 aliphatic rings. The van der Waals surface area contributed by atoms with Gasteiger partial charge in [-0.25, -0.2) is 4.39 Å². The van der Waals surface area contributed by atoms with E-state index < -0.39 is 23.7 Å². The van der Waals surface area contributed by atoms with Crippen molar-refractivity contribution in [3.63, 3.8) is 0 Å². The normalized spacial score (nSPS) is 15.5. The predicted molar refractivity (Wildman–Crippen MR) is 130 cm³/mol. The molecule has 0 bridgehead atoms. The zero-order valence-electron chi connectivity index (χ0n) is 19.7. The van der Waals surface area contributed by atoms with Crippen molar-refractivity contribution in [2.75, 3.05) is 19.6 Å². The van der Waals surface area contributed by atoms with Crippen molar-refractivity contribution >= 4 is 23.2 Å². The number of thiophene rings is 1. The van der Waals surface area contributed by atoms with E-state index in [-0.39, 0.29) is 30.4 Å². The smallest absolute Gasteiger partial charge is 0.330 e. The van der Waals surface area contributed by atoms with Crippen LogP contribution in [0.1, 0.15) is 57.7 Å². The van der Waals surface area contributed by atoms with E-state index in [4.69, 9.17) is 0 Å². The van der Waals surface area contributed by atoms with Gasteiger partial charge in [-0.05, 0) is 65.7 Å². The topological polar surface area (TPSA) is 40.6 Å². The highest BCUT2D eigenvalue weighted by atomic mass is 32.1. The summed E-state index contributed by atoms with van der Waals surface area (Å²) in [6.45, 7) is 2.35. The van der Waals surface area contributed by atoms with Crippen molar-refractivity contribution in [3.05, 3.63) is 92.9 Å². The molecule has 190 valence electrons. The van der Waals surface area contributed by atoms with E-state index in [1.165, 1.54) is 29.2 Å². The Kier molecular flexibility index (Phi) is 7.78. The van der Waals surface area contributed by atoms with Gasteiger partial charge in [-0.15, -0.1) is 11.3 Å². The first kappa shape index (κ1) is 25.9. The fourth-order valence-electron chi connectivity index (χ4n) is 4.46. The van der Waals surface area contributed by atoms with Gasteiger partial charge in [0.05, 0.1) is 11.6 Å². The zero-order chi connectivity index (χ0) is 25.9. The number of nitrogens with zero attached hydrogens (tertiary/aromatic N) is 2. The number of amides is 2. The SMILES string of the molecule is CCCCN(CC(=O)N1CCc2sccc2C1c1ccc(F)cc1)C(=O)c1cccc(C(F)(F)F)c1. The van der Waals surface area contributed by atoms with Gasteiger partial charge in [0.25, 0.3) is 5.91 Å². The lowest BCUT2D eigenvalue weighted by Gasteiger charge is -2.37. The van der Waals surface area contributed by atoms with Gasteiger partial charge in [0.1, 0.15) is 12.4 Å². The highest BCUT2D eigenvalue weighted by Crippen LogP contribution is 2.38. The van der Waals surface area contributed by atoms with Gasteiger partial charge in [-0.2, -0.15) is 13.2 Å². The maximum absolute atomic E-state index is 13.6. The summed E-state index contributed by atoms with van der Waals surface area (Å²) in [5.41, 5.74) is 0.707.